The third-order valence-electron chi connectivity index (χ3n) is 6.79. The number of likely N-dealkylation sites (tertiary alicyclic amines) is 1. The van der Waals surface area contributed by atoms with Crippen LogP contribution in [0.5, 0.6) is 0 Å². The fourth-order valence-electron chi connectivity index (χ4n) is 4.62. The van der Waals surface area contributed by atoms with Crippen LogP contribution in [0.15, 0.2) is 35.7 Å². The van der Waals surface area contributed by atoms with Gasteiger partial charge in [0.1, 0.15) is 10.9 Å². The number of hydrogen-bond donors (Lipinski definition) is 2. The molecule has 3 heterocycles. The predicted molar refractivity (Wildman–Crippen MR) is 135 cm³/mol. The molecule has 2 fully saturated rings. The van der Waals surface area contributed by atoms with Gasteiger partial charge in [-0.1, -0.05) is 6.92 Å². The lowest BCUT2D eigenvalue weighted by Gasteiger charge is -2.38. The minimum Gasteiger partial charge on any atom is -0.341 e. The summed E-state index contributed by atoms with van der Waals surface area (Å²) in [5, 5.41) is 9.55. The predicted octanol–water partition coefficient (Wildman–Crippen LogP) is 2.51. The second-order valence-corrected chi connectivity index (χ2v) is 11.7. The fourth-order valence-corrected chi connectivity index (χ4v) is 6.26. The van der Waals surface area contributed by atoms with E-state index in [1.165, 1.54) is 22.8 Å². The number of hydrogen-bond acceptors (Lipinski definition) is 6. The van der Waals surface area contributed by atoms with Crippen LogP contribution in [0.1, 0.15) is 44.6 Å². The third-order valence-corrected chi connectivity index (χ3v) is 8.58. The Labute approximate surface area is 224 Å². The Hall–Kier alpha value is -3.36. The summed E-state index contributed by atoms with van der Waals surface area (Å²) in [5.41, 5.74) is -1.51. The van der Waals surface area contributed by atoms with Gasteiger partial charge in [0.25, 0.3) is 10.0 Å². The lowest BCUT2D eigenvalue weighted by Crippen LogP contribution is -2.54. The van der Waals surface area contributed by atoms with E-state index in [1.807, 2.05) is 0 Å². The molecule has 15 heteroatoms. The van der Waals surface area contributed by atoms with Crippen molar-refractivity contribution in [3.05, 3.63) is 36.4 Å². The van der Waals surface area contributed by atoms with Gasteiger partial charge in [0.15, 0.2) is 0 Å². The maximum absolute atomic E-state index is 13.8. The molecule has 1 aliphatic carbocycles. The summed E-state index contributed by atoms with van der Waals surface area (Å²) in [4.78, 5) is 30.7. The summed E-state index contributed by atoms with van der Waals surface area (Å²) in [5.74, 6) is -0.585. The van der Waals surface area contributed by atoms with Crippen molar-refractivity contribution in [1.82, 2.24) is 30.3 Å². The zero-order valence-electron chi connectivity index (χ0n) is 21.7. The van der Waals surface area contributed by atoms with Crippen LogP contribution in [0.4, 0.5) is 23.7 Å². The average molecular weight is 572 g/mol. The summed E-state index contributed by atoms with van der Waals surface area (Å²) in [7, 11) is -3.00. The van der Waals surface area contributed by atoms with E-state index in [0.717, 1.165) is 36.0 Å². The lowest BCUT2D eigenvalue weighted by atomic mass is 9.97. The van der Waals surface area contributed by atoms with Crippen LogP contribution in [0.25, 0.3) is 0 Å². The molecular weight excluding hydrogens is 539 g/mol. The zero-order chi connectivity index (χ0) is 28.4. The highest BCUT2D eigenvalue weighted by atomic mass is 32.2. The Balaban J connectivity index is 1.61. The van der Waals surface area contributed by atoms with E-state index in [9.17, 15) is 31.2 Å². The number of piperidine rings is 1. The van der Waals surface area contributed by atoms with E-state index in [4.69, 9.17) is 0 Å². The van der Waals surface area contributed by atoms with E-state index in [2.05, 4.69) is 20.7 Å². The van der Waals surface area contributed by atoms with Crippen molar-refractivity contribution in [2.45, 2.75) is 62.2 Å². The number of nitrogens with zero attached hydrogens (tertiary/aromatic N) is 5. The number of halogens is 3. The van der Waals surface area contributed by atoms with Gasteiger partial charge in [-0.15, -0.1) is 0 Å². The van der Waals surface area contributed by atoms with E-state index in [1.54, 1.807) is 6.92 Å². The molecule has 2 N–H and O–H groups in total. The van der Waals surface area contributed by atoms with Gasteiger partial charge < -0.3 is 15.5 Å². The second kappa shape index (κ2) is 11.4. The molecule has 0 bridgehead atoms. The summed E-state index contributed by atoms with van der Waals surface area (Å²) in [6, 6.07) is -0.709. The first-order chi connectivity index (χ1) is 18.4. The minimum absolute atomic E-state index is 0.00220. The first-order valence-electron chi connectivity index (χ1n) is 12.8. The number of aryl methyl sites for hydroxylation is 1. The van der Waals surface area contributed by atoms with Gasteiger partial charge in [0.2, 0.25) is 5.91 Å². The van der Waals surface area contributed by atoms with E-state index in [-0.39, 0.29) is 41.5 Å². The van der Waals surface area contributed by atoms with Crippen LogP contribution in [0.3, 0.4) is 0 Å². The number of amides is 3. The minimum atomic E-state index is -4.77. The van der Waals surface area contributed by atoms with Crippen molar-refractivity contribution in [2.24, 2.45) is 13.0 Å². The molecule has 1 saturated carbocycles. The molecule has 4 rings (SSSR count). The Morgan fingerprint density at radius 2 is 1.95 bits per heavy atom. The van der Waals surface area contributed by atoms with Gasteiger partial charge in [-0.05, 0) is 44.1 Å². The Morgan fingerprint density at radius 1 is 1.21 bits per heavy atom. The number of pyridine rings is 1. The van der Waals surface area contributed by atoms with E-state index in [0.29, 0.717) is 31.8 Å². The van der Waals surface area contributed by atoms with Crippen molar-refractivity contribution in [1.29, 1.82) is 0 Å². The molecule has 2 atom stereocenters. The van der Waals surface area contributed by atoms with Crippen molar-refractivity contribution < 1.29 is 31.2 Å². The Bertz CT molecular complexity index is 1300. The smallest absolute Gasteiger partial charge is 0.341 e. The second-order valence-electron chi connectivity index (χ2n) is 9.93. The first kappa shape index (κ1) is 28.6. The van der Waals surface area contributed by atoms with Gasteiger partial charge in [-0.2, -0.15) is 18.3 Å². The molecule has 2 aromatic heterocycles. The molecule has 2 aliphatic rings. The van der Waals surface area contributed by atoms with Crippen LogP contribution in [-0.4, -0.2) is 71.7 Å². The van der Waals surface area contributed by atoms with Gasteiger partial charge in [0, 0.05) is 45.1 Å². The normalized spacial score (nSPS) is 18.9. The van der Waals surface area contributed by atoms with Crippen molar-refractivity contribution in [3.8, 4) is 0 Å². The number of carbonyl (C=O) groups excluding carboxylic acids is 2. The molecule has 1 aliphatic heterocycles. The molecule has 1 saturated heterocycles. The summed E-state index contributed by atoms with van der Waals surface area (Å²) in [6.45, 7) is 2.58. The van der Waals surface area contributed by atoms with Gasteiger partial charge in [-0.3, -0.25) is 18.8 Å². The number of alkyl halides is 3. The highest BCUT2D eigenvalue weighted by Gasteiger charge is 2.40. The third kappa shape index (κ3) is 6.81. The maximum Gasteiger partial charge on any atom is 0.417 e. The van der Waals surface area contributed by atoms with E-state index < -0.39 is 33.7 Å². The molecule has 0 aromatic carbocycles. The number of aromatic nitrogens is 3. The number of anilines is 1. The highest BCUT2D eigenvalue weighted by Crippen LogP contribution is 2.34. The highest BCUT2D eigenvalue weighted by molar-refractivity contribution is 7.92. The Morgan fingerprint density at radius 3 is 2.56 bits per heavy atom. The number of urea groups is 1. The van der Waals surface area contributed by atoms with Crippen molar-refractivity contribution in [2.75, 3.05) is 23.9 Å². The molecule has 0 spiro atoms. The number of nitrogens with one attached hydrogen (secondary N) is 2. The van der Waals surface area contributed by atoms with Crippen LogP contribution >= 0.6 is 0 Å². The van der Waals surface area contributed by atoms with Crippen molar-refractivity contribution >= 4 is 27.6 Å². The van der Waals surface area contributed by atoms with Crippen LogP contribution in [0, 0.1) is 5.92 Å². The van der Waals surface area contributed by atoms with Gasteiger partial charge >= 0.3 is 12.2 Å². The van der Waals surface area contributed by atoms with Crippen molar-refractivity contribution in [3.63, 3.8) is 0 Å². The molecule has 214 valence electrons. The molecule has 2 aromatic rings. The number of rotatable bonds is 9. The lowest BCUT2D eigenvalue weighted by molar-refractivity contribution is -0.137. The monoisotopic (exact) mass is 571 g/mol. The van der Waals surface area contributed by atoms with Crippen LogP contribution in [-0.2, 0) is 28.0 Å². The quantitative estimate of drug-likeness (QED) is 0.476. The fraction of sp³-hybridized carbons (Fsp3) is 0.583. The Kier molecular flexibility index (Phi) is 8.37. The molecule has 39 heavy (non-hydrogen) atoms. The molecule has 3 amide bonds. The van der Waals surface area contributed by atoms with Gasteiger partial charge in [0.05, 0.1) is 23.6 Å². The standard InChI is InChI=1S/C24H32F3N7O4S/c1-3-21(22(35)33-8-4-5-16(14-33)10-29-23(36)31-18-6-7-18)34(39(37,38)20-13-30-32(2)15-20)19-9-17(11-28-12-19)24(25,26)27/h9,11-13,15-16,18,21H,3-8,10,14H2,1-2H3,(H2,29,31,36)/t16-,21?/m0/s1. The SMILES string of the molecule is CCC(C(=O)N1CCC[C@@H](CNC(=O)NC2CC2)C1)N(c1cncc(C(F)(F)F)c1)S(=O)(=O)c1cnn(C)c1. The topological polar surface area (TPSA) is 130 Å². The van der Waals surface area contributed by atoms with Crippen LogP contribution in [0.2, 0.25) is 0 Å². The van der Waals surface area contributed by atoms with Crippen LogP contribution < -0.4 is 14.9 Å². The number of sulfonamides is 1. The summed E-state index contributed by atoms with van der Waals surface area (Å²) < 4.78 is 70.0. The average Bonchev–Trinajstić information content (AvgIpc) is 3.60. The molecule has 0 radical (unpaired) electrons. The van der Waals surface area contributed by atoms with Gasteiger partial charge in [-0.25, -0.2) is 13.2 Å². The first-order valence-corrected chi connectivity index (χ1v) is 14.2. The summed E-state index contributed by atoms with van der Waals surface area (Å²) in [6.07, 6.45) is 2.44. The molecule has 1 unspecified atom stereocenters. The molecular formula is C24H32F3N7O4S. The largest absolute Gasteiger partial charge is 0.417 e. The number of carbonyl (C=O) groups is 2. The van der Waals surface area contributed by atoms with E-state index >= 15 is 0 Å². The molecule has 11 nitrogen and oxygen atoms in total. The summed E-state index contributed by atoms with van der Waals surface area (Å²) >= 11 is 0. The zero-order valence-corrected chi connectivity index (χ0v) is 22.5. The maximum atomic E-state index is 13.8.